The second-order valence-electron chi connectivity index (χ2n) is 6.29. The van der Waals surface area contributed by atoms with Crippen molar-refractivity contribution in [3.05, 3.63) is 24.3 Å². The van der Waals surface area contributed by atoms with E-state index in [1.807, 2.05) is 24.3 Å². The predicted octanol–water partition coefficient (Wildman–Crippen LogP) is 4.54. The summed E-state index contributed by atoms with van der Waals surface area (Å²) in [6.45, 7) is 2.87. The molecule has 1 amide bonds. The summed E-state index contributed by atoms with van der Waals surface area (Å²) < 4.78 is 11.3. The first-order valence-electron chi connectivity index (χ1n) is 8.79. The first-order valence-corrected chi connectivity index (χ1v) is 8.79. The van der Waals surface area contributed by atoms with E-state index in [1.165, 1.54) is 12.8 Å². The molecule has 1 fully saturated rings. The van der Waals surface area contributed by atoms with Crippen molar-refractivity contribution in [2.75, 3.05) is 19.0 Å². The van der Waals surface area contributed by atoms with E-state index in [4.69, 9.17) is 9.47 Å². The van der Waals surface area contributed by atoms with Gasteiger partial charge >= 0.3 is 0 Å². The number of anilines is 1. The first-order chi connectivity index (χ1) is 11.2. The highest BCUT2D eigenvalue weighted by Gasteiger charge is 2.38. The topological polar surface area (TPSA) is 47.6 Å². The van der Waals surface area contributed by atoms with Crippen molar-refractivity contribution in [2.45, 2.75) is 63.9 Å². The lowest BCUT2D eigenvalue weighted by Gasteiger charge is -2.29. The van der Waals surface area contributed by atoms with Crippen molar-refractivity contribution in [3.8, 4) is 5.75 Å². The van der Waals surface area contributed by atoms with E-state index in [2.05, 4.69) is 12.2 Å². The van der Waals surface area contributed by atoms with E-state index in [1.54, 1.807) is 7.11 Å². The summed E-state index contributed by atoms with van der Waals surface area (Å²) in [4.78, 5) is 12.7. The lowest BCUT2D eigenvalue weighted by molar-refractivity contribution is -0.139. The van der Waals surface area contributed by atoms with Crippen LogP contribution in [0.3, 0.4) is 0 Å². The Kier molecular flexibility index (Phi) is 6.90. The van der Waals surface area contributed by atoms with Gasteiger partial charge in [-0.2, -0.15) is 0 Å². The molecule has 1 N–H and O–H groups in total. The molecular formula is C19H29NO3. The van der Waals surface area contributed by atoms with Gasteiger partial charge < -0.3 is 14.8 Å². The van der Waals surface area contributed by atoms with Crippen LogP contribution in [0.15, 0.2) is 24.3 Å². The minimum atomic E-state index is -0.674. The molecule has 0 unspecified atom stereocenters. The maximum Gasteiger partial charge on any atom is 0.256 e. The van der Waals surface area contributed by atoms with Gasteiger partial charge in [-0.05, 0) is 43.5 Å². The number of ether oxygens (including phenoxy) is 2. The van der Waals surface area contributed by atoms with Crippen LogP contribution in [0.25, 0.3) is 0 Å². The van der Waals surface area contributed by atoms with Crippen LogP contribution in [0.1, 0.15) is 58.3 Å². The van der Waals surface area contributed by atoms with E-state index in [0.29, 0.717) is 0 Å². The van der Waals surface area contributed by atoms with Crippen LogP contribution in [-0.4, -0.2) is 25.2 Å². The molecule has 4 nitrogen and oxygen atoms in total. The Bertz CT molecular complexity index is 476. The maximum absolute atomic E-state index is 12.7. The van der Waals surface area contributed by atoms with Crippen molar-refractivity contribution < 1.29 is 14.3 Å². The van der Waals surface area contributed by atoms with Crippen molar-refractivity contribution in [2.24, 2.45) is 0 Å². The highest BCUT2D eigenvalue weighted by Crippen LogP contribution is 2.31. The van der Waals surface area contributed by atoms with Crippen LogP contribution in [0, 0.1) is 0 Å². The quantitative estimate of drug-likeness (QED) is 0.593. The zero-order chi connectivity index (χ0) is 16.5. The van der Waals surface area contributed by atoms with Gasteiger partial charge in [0.15, 0.2) is 0 Å². The van der Waals surface area contributed by atoms with Crippen molar-refractivity contribution in [1.82, 2.24) is 0 Å². The van der Waals surface area contributed by atoms with Gasteiger partial charge in [0.1, 0.15) is 11.4 Å². The minimum Gasteiger partial charge on any atom is -0.494 e. The molecule has 1 aliphatic carbocycles. The van der Waals surface area contributed by atoms with Crippen LogP contribution < -0.4 is 10.1 Å². The Morgan fingerprint density at radius 1 is 1.13 bits per heavy atom. The van der Waals surface area contributed by atoms with Gasteiger partial charge in [-0.25, -0.2) is 0 Å². The Balaban J connectivity index is 1.95. The monoisotopic (exact) mass is 319 g/mol. The van der Waals surface area contributed by atoms with Crippen molar-refractivity contribution in [1.29, 1.82) is 0 Å². The zero-order valence-electron chi connectivity index (χ0n) is 14.4. The van der Waals surface area contributed by atoms with Gasteiger partial charge in [-0.3, -0.25) is 4.79 Å². The smallest absolute Gasteiger partial charge is 0.256 e. The fraction of sp³-hybridized carbons (Fsp3) is 0.632. The number of methoxy groups -OCH3 is 1. The van der Waals surface area contributed by atoms with E-state index in [0.717, 1.165) is 56.6 Å². The van der Waals surface area contributed by atoms with Crippen LogP contribution in [-0.2, 0) is 9.53 Å². The van der Waals surface area contributed by atoms with Gasteiger partial charge in [-0.1, -0.05) is 39.0 Å². The van der Waals surface area contributed by atoms with Crippen molar-refractivity contribution in [3.63, 3.8) is 0 Å². The maximum atomic E-state index is 12.7. The number of carbonyl (C=O) groups is 1. The van der Waals surface area contributed by atoms with Crippen LogP contribution in [0.2, 0.25) is 0 Å². The molecule has 0 spiro atoms. The summed E-state index contributed by atoms with van der Waals surface area (Å²) in [5, 5.41) is 3.01. The summed E-state index contributed by atoms with van der Waals surface area (Å²) in [5.74, 6) is 0.814. The minimum absolute atomic E-state index is 0.0263. The molecule has 0 saturated heterocycles. The Hall–Kier alpha value is -1.55. The molecular weight excluding hydrogens is 290 g/mol. The highest BCUT2D eigenvalue weighted by atomic mass is 16.5. The van der Waals surface area contributed by atoms with Gasteiger partial charge in [0.25, 0.3) is 5.91 Å². The molecule has 0 aliphatic heterocycles. The summed E-state index contributed by atoms with van der Waals surface area (Å²) in [6, 6.07) is 7.58. The SMILES string of the molecule is CCCCOc1ccc(NC(=O)C2(OC)CCCCCC2)cc1. The average Bonchev–Trinajstić information content (AvgIpc) is 2.83. The molecule has 0 heterocycles. The van der Waals surface area contributed by atoms with Crippen LogP contribution in [0.4, 0.5) is 5.69 Å². The zero-order valence-corrected chi connectivity index (χ0v) is 14.4. The summed E-state index contributed by atoms with van der Waals surface area (Å²) >= 11 is 0. The van der Waals surface area contributed by atoms with Gasteiger partial charge in [-0.15, -0.1) is 0 Å². The van der Waals surface area contributed by atoms with E-state index < -0.39 is 5.60 Å². The third kappa shape index (κ3) is 4.96. The lowest BCUT2D eigenvalue weighted by Crippen LogP contribution is -2.44. The second-order valence-corrected chi connectivity index (χ2v) is 6.29. The Morgan fingerprint density at radius 3 is 2.35 bits per heavy atom. The van der Waals surface area contributed by atoms with E-state index >= 15 is 0 Å². The Labute approximate surface area is 139 Å². The normalized spacial score (nSPS) is 17.3. The predicted molar refractivity (Wildman–Crippen MR) is 92.9 cm³/mol. The number of amides is 1. The summed E-state index contributed by atoms with van der Waals surface area (Å²) in [5.41, 5.74) is 0.116. The molecule has 0 bridgehead atoms. The number of hydrogen-bond donors (Lipinski definition) is 1. The molecule has 1 aromatic carbocycles. The molecule has 1 aromatic rings. The molecule has 2 rings (SSSR count). The number of carbonyl (C=O) groups excluding carboxylic acids is 1. The largest absolute Gasteiger partial charge is 0.494 e. The molecule has 0 atom stereocenters. The first kappa shape index (κ1) is 17.8. The third-order valence-corrected chi connectivity index (χ3v) is 4.59. The molecule has 23 heavy (non-hydrogen) atoms. The van der Waals surface area contributed by atoms with Gasteiger partial charge in [0.05, 0.1) is 6.61 Å². The number of benzene rings is 1. The summed E-state index contributed by atoms with van der Waals surface area (Å²) in [7, 11) is 1.65. The molecule has 1 aliphatic rings. The molecule has 0 aromatic heterocycles. The average molecular weight is 319 g/mol. The molecule has 4 heteroatoms. The van der Waals surface area contributed by atoms with Crippen molar-refractivity contribution >= 4 is 11.6 Å². The third-order valence-electron chi connectivity index (χ3n) is 4.59. The van der Waals surface area contributed by atoms with Crippen LogP contribution >= 0.6 is 0 Å². The molecule has 128 valence electrons. The standard InChI is InChI=1S/C19H29NO3/c1-3-4-15-23-17-11-9-16(10-12-17)20-18(21)19(22-2)13-7-5-6-8-14-19/h9-12H,3-8,13-15H2,1-2H3,(H,20,21). The van der Waals surface area contributed by atoms with Crippen LogP contribution in [0.5, 0.6) is 5.75 Å². The molecule has 0 radical (unpaired) electrons. The Morgan fingerprint density at radius 2 is 1.78 bits per heavy atom. The van der Waals surface area contributed by atoms with Gasteiger partial charge in [0, 0.05) is 12.8 Å². The molecule has 1 saturated carbocycles. The number of unbranched alkanes of at least 4 members (excludes halogenated alkanes) is 1. The number of hydrogen-bond acceptors (Lipinski definition) is 3. The number of rotatable bonds is 7. The fourth-order valence-electron chi connectivity index (χ4n) is 3.04. The lowest BCUT2D eigenvalue weighted by atomic mass is 9.93. The van der Waals surface area contributed by atoms with E-state index in [9.17, 15) is 4.79 Å². The number of nitrogens with one attached hydrogen (secondary N) is 1. The van der Waals surface area contributed by atoms with E-state index in [-0.39, 0.29) is 5.91 Å². The summed E-state index contributed by atoms with van der Waals surface area (Å²) in [6.07, 6.45) is 8.23. The highest BCUT2D eigenvalue weighted by molar-refractivity contribution is 5.97. The second kappa shape index (κ2) is 8.92. The van der Waals surface area contributed by atoms with Gasteiger partial charge in [0.2, 0.25) is 0 Å². The fourth-order valence-corrected chi connectivity index (χ4v) is 3.04.